The molecule has 0 aromatic heterocycles. The highest BCUT2D eigenvalue weighted by Gasteiger charge is 2.39. The van der Waals surface area contributed by atoms with Crippen LogP contribution in [0.3, 0.4) is 0 Å². The number of nitrogens with zero attached hydrogens (tertiary/aromatic N) is 2. The molecule has 3 rings (SSSR count). The molecule has 34 heavy (non-hydrogen) atoms. The molecule has 2 aromatic carbocycles. The molecule has 0 saturated heterocycles. The third kappa shape index (κ3) is 5.50. The van der Waals surface area contributed by atoms with Crippen LogP contribution in [-0.2, 0) is 16.1 Å². The average molecular weight is 482 g/mol. The van der Waals surface area contributed by atoms with Crippen LogP contribution >= 0.6 is 11.6 Å². The van der Waals surface area contributed by atoms with Crippen LogP contribution in [0.15, 0.2) is 64.3 Å². The Kier molecular flexibility index (Phi) is 8.15. The zero-order valence-electron chi connectivity index (χ0n) is 20.1. The number of ether oxygens (including phenoxy) is 1. The first-order valence-corrected chi connectivity index (χ1v) is 11.9. The quantitative estimate of drug-likeness (QED) is 0.375. The number of benzene rings is 2. The molecule has 0 amide bonds. The minimum atomic E-state index is -1.21. The number of amidine groups is 1. The summed E-state index contributed by atoms with van der Waals surface area (Å²) in [6.45, 7) is 8.29. The molecule has 0 fully saturated rings. The molecule has 1 heterocycles. The van der Waals surface area contributed by atoms with E-state index in [9.17, 15) is 14.7 Å². The Labute approximate surface area is 205 Å². The van der Waals surface area contributed by atoms with Crippen LogP contribution in [0.2, 0.25) is 0 Å². The van der Waals surface area contributed by atoms with Gasteiger partial charge >= 0.3 is 5.97 Å². The average Bonchev–Trinajstić information content (AvgIpc) is 2.80. The maximum Gasteiger partial charge on any atom is 0.339 e. The predicted octanol–water partition coefficient (Wildman–Crippen LogP) is 4.91. The van der Waals surface area contributed by atoms with Crippen molar-refractivity contribution in [2.75, 3.05) is 6.61 Å². The number of rotatable bonds is 9. The number of carbonyl (C=O) groups is 2. The van der Waals surface area contributed by atoms with Crippen molar-refractivity contribution in [2.24, 2.45) is 4.99 Å². The van der Waals surface area contributed by atoms with Gasteiger partial charge in [-0.15, -0.1) is 0 Å². The first-order valence-electron chi connectivity index (χ1n) is 11.5. The molecule has 0 saturated carbocycles. The third-order valence-electron chi connectivity index (χ3n) is 5.76. The summed E-state index contributed by atoms with van der Waals surface area (Å²) >= 11 is 6.82. The van der Waals surface area contributed by atoms with Crippen LogP contribution in [0, 0.1) is 0 Å². The van der Waals surface area contributed by atoms with Crippen molar-refractivity contribution in [1.29, 1.82) is 0 Å². The normalized spacial score (nSPS) is 15.2. The van der Waals surface area contributed by atoms with Gasteiger partial charge in [-0.25, -0.2) is 4.79 Å². The number of esters is 1. The van der Waals surface area contributed by atoms with Crippen LogP contribution in [-0.4, -0.2) is 34.8 Å². The minimum absolute atomic E-state index is 0.146. The van der Waals surface area contributed by atoms with E-state index < -0.39 is 17.5 Å². The van der Waals surface area contributed by atoms with Gasteiger partial charge in [-0.05, 0) is 43.9 Å². The largest absolute Gasteiger partial charge is 0.545 e. The van der Waals surface area contributed by atoms with Crippen LogP contribution in [0.1, 0.15) is 62.9 Å². The van der Waals surface area contributed by atoms with Crippen LogP contribution in [0.25, 0.3) is 11.1 Å². The number of halogens is 1. The van der Waals surface area contributed by atoms with E-state index in [1.165, 1.54) is 6.07 Å². The van der Waals surface area contributed by atoms with E-state index >= 15 is 0 Å². The zero-order chi connectivity index (χ0) is 24.9. The van der Waals surface area contributed by atoms with Gasteiger partial charge in [0.05, 0.1) is 30.2 Å². The lowest BCUT2D eigenvalue weighted by molar-refractivity contribution is -0.254. The molecular formula is C27H30ClN2O4-. The second-order valence-electron chi connectivity index (χ2n) is 8.69. The van der Waals surface area contributed by atoms with E-state index in [4.69, 9.17) is 21.3 Å². The number of hydrogen-bond donors (Lipinski definition) is 0. The number of aromatic carboxylic acids is 1. The summed E-state index contributed by atoms with van der Waals surface area (Å²) in [5, 5.41) is 11.8. The smallest absolute Gasteiger partial charge is 0.339 e. The fourth-order valence-electron chi connectivity index (χ4n) is 4.05. The van der Waals surface area contributed by atoms with E-state index in [1.54, 1.807) is 25.1 Å². The summed E-state index contributed by atoms with van der Waals surface area (Å²) in [6.07, 6.45) is 2.69. The van der Waals surface area contributed by atoms with Crippen LogP contribution in [0.4, 0.5) is 0 Å². The first kappa shape index (κ1) is 25.5. The van der Waals surface area contributed by atoms with E-state index in [1.807, 2.05) is 43.0 Å². The maximum absolute atomic E-state index is 12.7. The Hall–Kier alpha value is -3.12. The predicted molar refractivity (Wildman–Crippen MR) is 132 cm³/mol. The Morgan fingerprint density at radius 2 is 1.76 bits per heavy atom. The number of carboxylic acid groups (broad SMARTS) is 1. The lowest BCUT2D eigenvalue weighted by Crippen LogP contribution is -2.42. The van der Waals surface area contributed by atoms with E-state index in [2.05, 4.69) is 6.92 Å². The van der Waals surface area contributed by atoms with Gasteiger partial charge in [0.15, 0.2) is 0 Å². The lowest BCUT2D eigenvalue weighted by Gasteiger charge is -2.37. The Balaban J connectivity index is 1.95. The van der Waals surface area contributed by atoms with Gasteiger partial charge in [-0.2, -0.15) is 0 Å². The minimum Gasteiger partial charge on any atom is -0.545 e. The van der Waals surface area contributed by atoms with Gasteiger partial charge in [0, 0.05) is 12.0 Å². The molecule has 1 aliphatic heterocycles. The summed E-state index contributed by atoms with van der Waals surface area (Å²) in [6, 6.07) is 14.4. The molecule has 6 nitrogen and oxygen atoms in total. The summed E-state index contributed by atoms with van der Waals surface area (Å²) in [4.78, 5) is 31.0. The lowest BCUT2D eigenvalue weighted by atomic mass is 9.92. The Morgan fingerprint density at radius 3 is 2.38 bits per heavy atom. The molecule has 0 aliphatic carbocycles. The molecule has 0 spiro atoms. The second-order valence-corrected chi connectivity index (χ2v) is 9.05. The molecule has 0 atom stereocenters. The first-order chi connectivity index (χ1) is 16.2. The van der Waals surface area contributed by atoms with E-state index in [0.29, 0.717) is 22.8 Å². The van der Waals surface area contributed by atoms with Crippen molar-refractivity contribution in [3.63, 3.8) is 0 Å². The van der Waals surface area contributed by atoms with Crippen molar-refractivity contribution in [2.45, 2.75) is 59.0 Å². The summed E-state index contributed by atoms with van der Waals surface area (Å²) < 4.78 is 5.27. The molecule has 0 radical (unpaired) electrons. The number of unbranched alkanes of at least 4 members (excludes halogenated alkanes) is 1. The fourth-order valence-corrected chi connectivity index (χ4v) is 4.51. The van der Waals surface area contributed by atoms with Gasteiger partial charge in [0.1, 0.15) is 11.0 Å². The monoisotopic (exact) mass is 481 g/mol. The summed E-state index contributed by atoms with van der Waals surface area (Å²) in [5.74, 6) is -0.845. The van der Waals surface area contributed by atoms with Gasteiger partial charge in [-0.3, -0.25) is 4.99 Å². The standard InChI is InChI=1S/C27H31ClN2O4/c1-5-7-12-22-29-27(3,4)23(26(33)34-6-2)24(28)30(22)17-18-13-15-19(16-14-18)20-10-8-9-11-21(20)25(31)32/h8-11,13-16H,5-7,12,17H2,1-4H3,(H,31,32)/p-1. The highest BCUT2D eigenvalue weighted by atomic mass is 35.5. The summed E-state index contributed by atoms with van der Waals surface area (Å²) in [7, 11) is 0. The van der Waals surface area contributed by atoms with E-state index in [0.717, 1.165) is 36.2 Å². The van der Waals surface area contributed by atoms with Gasteiger partial charge in [-0.1, -0.05) is 73.5 Å². The van der Waals surface area contributed by atoms with Crippen LogP contribution in [0.5, 0.6) is 0 Å². The second kappa shape index (κ2) is 10.9. The third-order valence-corrected chi connectivity index (χ3v) is 6.15. The van der Waals surface area contributed by atoms with Gasteiger partial charge in [0.2, 0.25) is 0 Å². The summed E-state index contributed by atoms with van der Waals surface area (Å²) in [5.41, 5.74) is 2.02. The van der Waals surface area contributed by atoms with Gasteiger partial charge in [0.25, 0.3) is 0 Å². The SMILES string of the molecule is CCCCC1=NC(C)(C)C(C(=O)OCC)=C(Cl)N1Cc1ccc(-c2ccccc2C(=O)[O-])cc1. The fraction of sp³-hybridized carbons (Fsp3) is 0.370. The van der Waals surface area contributed by atoms with Crippen molar-refractivity contribution < 1.29 is 19.4 Å². The van der Waals surface area contributed by atoms with E-state index in [-0.39, 0.29) is 12.2 Å². The number of carbonyl (C=O) groups excluding carboxylic acids is 2. The number of hydrogen-bond acceptors (Lipinski definition) is 6. The molecule has 0 unspecified atom stereocenters. The van der Waals surface area contributed by atoms with Gasteiger partial charge < -0.3 is 19.5 Å². The highest BCUT2D eigenvalue weighted by Crippen LogP contribution is 2.36. The number of aliphatic imine (C=N–C) groups is 1. The zero-order valence-corrected chi connectivity index (χ0v) is 20.8. The molecule has 0 bridgehead atoms. The Bertz CT molecular complexity index is 1120. The molecule has 7 heteroatoms. The number of carboxylic acids is 1. The maximum atomic E-state index is 12.7. The highest BCUT2D eigenvalue weighted by molar-refractivity contribution is 6.33. The van der Waals surface area contributed by atoms with Crippen molar-refractivity contribution in [3.8, 4) is 11.1 Å². The van der Waals surface area contributed by atoms with Crippen molar-refractivity contribution in [3.05, 3.63) is 70.4 Å². The topological polar surface area (TPSA) is 82.0 Å². The molecular weight excluding hydrogens is 452 g/mol. The Morgan fingerprint density at radius 1 is 1.09 bits per heavy atom. The molecule has 2 aromatic rings. The molecule has 1 aliphatic rings. The van der Waals surface area contributed by atoms with Crippen LogP contribution < -0.4 is 5.11 Å². The van der Waals surface area contributed by atoms with Crippen molar-refractivity contribution in [1.82, 2.24) is 4.90 Å². The molecule has 0 N–H and O–H groups in total. The van der Waals surface area contributed by atoms with Crippen molar-refractivity contribution >= 4 is 29.4 Å². The molecule has 180 valence electrons.